The Morgan fingerprint density at radius 3 is 2.80 bits per heavy atom. The van der Waals surface area contributed by atoms with Crippen LogP contribution in [-0.2, 0) is 9.53 Å². The highest BCUT2D eigenvalue weighted by Crippen LogP contribution is 2.17. The number of carbonyl (C=O) groups excluding carboxylic acids is 2. The molecule has 0 amide bonds. The van der Waals surface area contributed by atoms with Crippen LogP contribution in [0.1, 0.15) is 22.8 Å². The van der Waals surface area contributed by atoms with E-state index in [-0.39, 0.29) is 5.97 Å². The lowest BCUT2D eigenvalue weighted by molar-refractivity contribution is 0.0525. The summed E-state index contributed by atoms with van der Waals surface area (Å²) < 4.78 is 4.86. The topological polar surface area (TPSA) is 55.7 Å². The summed E-state index contributed by atoms with van der Waals surface area (Å²) in [5, 5.41) is 0. The molecule has 0 aromatic heterocycles. The van der Waals surface area contributed by atoms with Crippen LogP contribution in [0.25, 0.3) is 0 Å². The molecule has 1 aromatic rings. The fraction of sp³-hybridized carbons (Fsp3) is 0.273. The summed E-state index contributed by atoms with van der Waals surface area (Å²) in [5.41, 5.74) is 1.70. The van der Waals surface area contributed by atoms with Crippen molar-refractivity contribution in [2.24, 2.45) is 4.99 Å². The molecule has 4 heteroatoms. The molecule has 0 unspecified atom stereocenters. The fourth-order valence-electron chi connectivity index (χ4n) is 1.21. The van der Waals surface area contributed by atoms with Gasteiger partial charge in [-0.2, -0.15) is 4.99 Å². The number of rotatable bonds is 3. The highest BCUT2D eigenvalue weighted by atomic mass is 16.5. The van der Waals surface area contributed by atoms with Crippen molar-refractivity contribution in [3.8, 4) is 0 Å². The molecule has 0 radical (unpaired) electrons. The third-order valence-corrected chi connectivity index (χ3v) is 1.88. The molecular formula is C11H11NO3. The van der Waals surface area contributed by atoms with Gasteiger partial charge >= 0.3 is 5.97 Å². The van der Waals surface area contributed by atoms with Crippen LogP contribution in [0.3, 0.4) is 0 Å². The summed E-state index contributed by atoms with van der Waals surface area (Å²) in [4.78, 5) is 24.9. The highest BCUT2D eigenvalue weighted by Gasteiger charge is 2.09. The Morgan fingerprint density at radius 1 is 1.53 bits per heavy atom. The first kappa shape index (κ1) is 11.1. The molecule has 0 fully saturated rings. The molecule has 0 N–H and O–H groups in total. The molecule has 0 aliphatic carbocycles. The molecule has 0 saturated carbocycles. The van der Waals surface area contributed by atoms with E-state index in [0.29, 0.717) is 17.9 Å². The van der Waals surface area contributed by atoms with Gasteiger partial charge < -0.3 is 4.74 Å². The van der Waals surface area contributed by atoms with E-state index >= 15 is 0 Å². The average molecular weight is 205 g/mol. The van der Waals surface area contributed by atoms with Crippen LogP contribution in [0.4, 0.5) is 5.69 Å². The van der Waals surface area contributed by atoms with Crippen LogP contribution in [0.2, 0.25) is 0 Å². The van der Waals surface area contributed by atoms with Gasteiger partial charge in [-0.1, -0.05) is 0 Å². The van der Waals surface area contributed by atoms with E-state index in [9.17, 15) is 9.59 Å². The Hall–Kier alpha value is -1.93. The van der Waals surface area contributed by atoms with Gasteiger partial charge in [-0.25, -0.2) is 9.59 Å². The Labute approximate surface area is 87.6 Å². The van der Waals surface area contributed by atoms with Gasteiger partial charge in [0.25, 0.3) is 0 Å². The van der Waals surface area contributed by atoms with Crippen LogP contribution in [0, 0.1) is 6.92 Å². The maximum atomic E-state index is 11.4. The summed E-state index contributed by atoms with van der Waals surface area (Å²) in [6, 6.07) is 4.80. The van der Waals surface area contributed by atoms with Crippen molar-refractivity contribution in [1.29, 1.82) is 0 Å². The number of benzene rings is 1. The average Bonchev–Trinajstić information content (AvgIpc) is 2.18. The zero-order valence-electron chi connectivity index (χ0n) is 8.61. The minimum atomic E-state index is -0.364. The van der Waals surface area contributed by atoms with Crippen molar-refractivity contribution < 1.29 is 14.3 Å². The third-order valence-electron chi connectivity index (χ3n) is 1.88. The lowest BCUT2D eigenvalue weighted by Crippen LogP contribution is -2.06. The number of hydrogen-bond donors (Lipinski definition) is 0. The first-order chi connectivity index (χ1) is 7.19. The Kier molecular flexibility index (Phi) is 3.77. The number of esters is 1. The van der Waals surface area contributed by atoms with Crippen molar-refractivity contribution in [3.05, 3.63) is 29.3 Å². The number of nitrogens with zero attached hydrogens (tertiary/aromatic N) is 1. The predicted molar refractivity (Wildman–Crippen MR) is 54.9 cm³/mol. The summed E-state index contributed by atoms with van der Waals surface area (Å²) >= 11 is 0. The molecule has 0 aliphatic heterocycles. The van der Waals surface area contributed by atoms with Gasteiger partial charge in [0.2, 0.25) is 6.08 Å². The number of aliphatic imine (C=N–C) groups is 1. The monoisotopic (exact) mass is 205 g/mol. The molecule has 0 aliphatic rings. The Balaban J connectivity index is 3.02. The van der Waals surface area contributed by atoms with Gasteiger partial charge in [-0.15, -0.1) is 0 Å². The predicted octanol–water partition coefficient (Wildman–Crippen LogP) is 2.14. The standard InChI is InChI=1S/C11H11NO3/c1-3-15-11(14)10-5-4-9(12-7-13)6-8(10)2/h4-6H,3H2,1-2H3. The van der Waals surface area contributed by atoms with Gasteiger partial charge in [-0.05, 0) is 37.6 Å². The molecule has 78 valence electrons. The van der Waals surface area contributed by atoms with Gasteiger partial charge in [0.15, 0.2) is 0 Å². The van der Waals surface area contributed by atoms with Crippen LogP contribution in [-0.4, -0.2) is 18.7 Å². The van der Waals surface area contributed by atoms with E-state index in [0.717, 1.165) is 5.56 Å². The van der Waals surface area contributed by atoms with E-state index in [1.165, 1.54) is 6.08 Å². The number of ether oxygens (including phenoxy) is 1. The molecule has 1 rings (SSSR count). The first-order valence-electron chi connectivity index (χ1n) is 4.54. The molecule has 15 heavy (non-hydrogen) atoms. The zero-order valence-corrected chi connectivity index (χ0v) is 8.61. The first-order valence-corrected chi connectivity index (χ1v) is 4.54. The highest BCUT2D eigenvalue weighted by molar-refractivity contribution is 5.91. The second-order valence-corrected chi connectivity index (χ2v) is 2.92. The van der Waals surface area contributed by atoms with Gasteiger partial charge in [0.1, 0.15) is 0 Å². The van der Waals surface area contributed by atoms with Crippen LogP contribution in [0.15, 0.2) is 23.2 Å². The van der Waals surface area contributed by atoms with Crippen LogP contribution >= 0.6 is 0 Å². The molecule has 4 nitrogen and oxygen atoms in total. The minimum absolute atomic E-state index is 0.340. The summed E-state index contributed by atoms with van der Waals surface area (Å²) in [5.74, 6) is -0.364. The van der Waals surface area contributed by atoms with E-state index in [1.54, 1.807) is 32.0 Å². The van der Waals surface area contributed by atoms with E-state index in [1.807, 2.05) is 0 Å². The lowest BCUT2D eigenvalue weighted by atomic mass is 10.1. The smallest absolute Gasteiger partial charge is 0.338 e. The quantitative estimate of drug-likeness (QED) is 0.431. The van der Waals surface area contributed by atoms with Gasteiger partial charge in [0, 0.05) is 0 Å². The fourth-order valence-corrected chi connectivity index (χ4v) is 1.21. The maximum absolute atomic E-state index is 11.4. The van der Waals surface area contributed by atoms with Crippen molar-refractivity contribution in [1.82, 2.24) is 0 Å². The van der Waals surface area contributed by atoms with Gasteiger partial charge in [0.05, 0.1) is 17.9 Å². The summed E-state index contributed by atoms with van der Waals surface area (Å²) in [7, 11) is 0. The molecular weight excluding hydrogens is 194 g/mol. The molecule has 0 spiro atoms. The largest absolute Gasteiger partial charge is 0.462 e. The summed E-state index contributed by atoms with van der Waals surface area (Å²) in [6.07, 6.45) is 1.44. The normalized spacial score (nSPS) is 9.20. The minimum Gasteiger partial charge on any atom is -0.462 e. The van der Waals surface area contributed by atoms with Crippen molar-refractivity contribution >= 4 is 17.7 Å². The number of aryl methyl sites for hydroxylation is 1. The van der Waals surface area contributed by atoms with E-state index < -0.39 is 0 Å². The van der Waals surface area contributed by atoms with Crippen molar-refractivity contribution in [2.45, 2.75) is 13.8 Å². The van der Waals surface area contributed by atoms with Gasteiger partial charge in [-0.3, -0.25) is 0 Å². The Bertz CT molecular complexity index is 420. The summed E-state index contributed by atoms with van der Waals surface area (Å²) in [6.45, 7) is 3.85. The molecule has 0 saturated heterocycles. The second kappa shape index (κ2) is 5.08. The van der Waals surface area contributed by atoms with Crippen LogP contribution in [0.5, 0.6) is 0 Å². The SMILES string of the molecule is CCOC(=O)c1ccc(N=C=O)cc1C. The third kappa shape index (κ3) is 2.76. The van der Waals surface area contributed by atoms with Crippen LogP contribution < -0.4 is 0 Å². The van der Waals surface area contributed by atoms with Crippen molar-refractivity contribution in [3.63, 3.8) is 0 Å². The number of carbonyl (C=O) groups is 1. The maximum Gasteiger partial charge on any atom is 0.338 e. The van der Waals surface area contributed by atoms with Crippen molar-refractivity contribution in [2.75, 3.05) is 6.61 Å². The lowest BCUT2D eigenvalue weighted by Gasteiger charge is -2.05. The second-order valence-electron chi connectivity index (χ2n) is 2.92. The molecule has 0 heterocycles. The zero-order chi connectivity index (χ0) is 11.3. The number of isocyanates is 1. The van der Waals surface area contributed by atoms with E-state index in [4.69, 9.17) is 4.74 Å². The number of hydrogen-bond acceptors (Lipinski definition) is 4. The Morgan fingerprint density at radius 2 is 2.27 bits per heavy atom. The molecule has 1 aromatic carbocycles. The molecule has 0 atom stereocenters. The molecule has 0 bridgehead atoms. The van der Waals surface area contributed by atoms with E-state index in [2.05, 4.69) is 4.99 Å².